The SMILES string of the molecule is CSCC(=O)c1cccc2c1OCCC2. The van der Waals surface area contributed by atoms with E-state index >= 15 is 0 Å². The number of hydrogen-bond donors (Lipinski definition) is 0. The number of carbonyl (C=O) groups is 1. The average molecular weight is 222 g/mol. The van der Waals surface area contributed by atoms with Gasteiger partial charge in [-0.05, 0) is 30.7 Å². The van der Waals surface area contributed by atoms with Gasteiger partial charge in [-0.3, -0.25) is 4.79 Å². The van der Waals surface area contributed by atoms with Gasteiger partial charge in [-0.25, -0.2) is 0 Å². The predicted molar refractivity (Wildman–Crippen MR) is 63.0 cm³/mol. The topological polar surface area (TPSA) is 26.3 Å². The molecule has 0 amide bonds. The van der Waals surface area contributed by atoms with Gasteiger partial charge in [0.05, 0.1) is 17.9 Å². The molecule has 0 aliphatic carbocycles. The molecule has 0 fully saturated rings. The monoisotopic (exact) mass is 222 g/mol. The van der Waals surface area contributed by atoms with Crippen LogP contribution in [0.25, 0.3) is 0 Å². The number of rotatable bonds is 3. The fourth-order valence-electron chi connectivity index (χ4n) is 1.82. The van der Waals surface area contributed by atoms with Crippen molar-refractivity contribution in [2.45, 2.75) is 12.8 Å². The van der Waals surface area contributed by atoms with Crippen molar-refractivity contribution in [3.8, 4) is 5.75 Å². The van der Waals surface area contributed by atoms with Crippen LogP contribution in [-0.2, 0) is 6.42 Å². The summed E-state index contributed by atoms with van der Waals surface area (Å²) in [6.07, 6.45) is 4.01. The summed E-state index contributed by atoms with van der Waals surface area (Å²) >= 11 is 1.55. The highest BCUT2D eigenvalue weighted by atomic mass is 32.2. The minimum absolute atomic E-state index is 0.168. The van der Waals surface area contributed by atoms with E-state index in [4.69, 9.17) is 4.74 Å². The molecule has 1 aromatic carbocycles. The van der Waals surface area contributed by atoms with Gasteiger partial charge in [0.1, 0.15) is 5.75 Å². The third-order valence-electron chi connectivity index (χ3n) is 2.51. The molecule has 1 heterocycles. The molecule has 80 valence electrons. The van der Waals surface area contributed by atoms with Crippen molar-refractivity contribution in [2.24, 2.45) is 0 Å². The summed E-state index contributed by atoms with van der Waals surface area (Å²) in [6, 6.07) is 5.86. The van der Waals surface area contributed by atoms with Crippen molar-refractivity contribution in [1.29, 1.82) is 0 Å². The number of ether oxygens (including phenoxy) is 1. The fraction of sp³-hybridized carbons (Fsp3) is 0.417. The Kier molecular flexibility index (Phi) is 3.31. The molecule has 2 rings (SSSR count). The van der Waals surface area contributed by atoms with Crippen LogP contribution in [0, 0.1) is 0 Å². The molecule has 0 atom stereocenters. The Bertz CT molecular complexity index is 374. The van der Waals surface area contributed by atoms with Crippen LogP contribution in [0.4, 0.5) is 0 Å². The standard InChI is InChI=1S/C12H14O2S/c1-15-8-11(13)10-6-2-4-9-5-3-7-14-12(9)10/h2,4,6H,3,5,7-8H2,1H3. The van der Waals surface area contributed by atoms with E-state index in [0.29, 0.717) is 5.75 Å². The fourth-order valence-corrected chi connectivity index (χ4v) is 2.24. The highest BCUT2D eigenvalue weighted by Crippen LogP contribution is 2.29. The summed E-state index contributed by atoms with van der Waals surface area (Å²) in [4.78, 5) is 11.8. The molecule has 2 nitrogen and oxygen atoms in total. The van der Waals surface area contributed by atoms with E-state index in [2.05, 4.69) is 0 Å². The lowest BCUT2D eigenvalue weighted by atomic mass is 10.0. The minimum atomic E-state index is 0.168. The van der Waals surface area contributed by atoms with E-state index in [-0.39, 0.29) is 5.78 Å². The first-order valence-electron chi connectivity index (χ1n) is 5.09. The number of para-hydroxylation sites is 1. The number of fused-ring (bicyclic) bond motifs is 1. The minimum Gasteiger partial charge on any atom is -0.493 e. The van der Waals surface area contributed by atoms with E-state index in [9.17, 15) is 4.79 Å². The van der Waals surface area contributed by atoms with Crippen molar-refractivity contribution < 1.29 is 9.53 Å². The second-order valence-electron chi connectivity index (χ2n) is 3.60. The number of Topliss-reactive ketones (excluding diaryl/α,β-unsaturated/α-hetero) is 1. The normalized spacial score (nSPS) is 14.2. The van der Waals surface area contributed by atoms with Gasteiger partial charge < -0.3 is 4.74 Å². The van der Waals surface area contributed by atoms with E-state index < -0.39 is 0 Å². The Morgan fingerprint density at radius 1 is 1.53 bits per heavy atom. The number of aryl methyl sites for hydroxylation is 1. The van der Waals surface area contributed by atoms with E-state index in [0.717, 1.165) is 30.8 Å². The summed E-state index contributed by atoms with van der Waals surface area (Å²) in [5.41, 5.74) is 1.93. The predicted octanol–water partition coefficient (Wildman–Crippen LogP) is 2.56. The van der Waals surface area contributed by atoms with Crippen molar-refractivity contribution in [3.05, 3.63) is 29.3 Å². The van der Waals surface area contributed by atoms with Crippen LogP contribution < -0.4 is 4.74 Å². The second kappa shape index (κ2) is 4.71. The first-order chi connectivity index (χ1) is 7.33. The Labute approximate surface area is 94.0 Å². The third kappa shape index (κ3) is 2.17. The number of carbonyl (C=O) groups excluding carboxylic acids is 1. The maximum atomic E-state index is 11.8. The highest BCUT2D eigenvalue weighted by Gasteiger charge is 2.18. The van der Waals surface area contributed by atoms with Crippen LogP contribution in [0.3, 0.4) is 0 Å². The molecule has 1 aromatic rings. The number of benzene rings is 1. The van der Waals surface area contributed by atoms with E-state index in [1.54, 1.807) is 11.8 Å². The zero-order valence-electron chi connectivity index (χ0n) is 8.79. The Morgan fingerprint density at radius 2 is 2.40 bits per heavy atom. The lowest BCUT2D eigenvalue weighted by molar-refractivity contribution is 0.101. The summed E-state index contributed by atoms with van der Waals surface area (Å²) in [7, 11) is 0. The lowest BCUT2D eigenvalue weighted by Gasteiger charge is -2.19. The first-order valence-corrected chi connectivity index (χ1v) is 6.49. The van der Waals surface area contributed by atoms with Crippen LogP contribution in [0.2, 0.25) is 0 Å². The van der Waals surface area contributed by atoms with Gasteiger partial charge in [-0.15, -0.1) is 0 Å². The highest BCUT2D eigenvalue weighted by molar-refractivity contribution is 7.99. The van der Waals surface area contributed by atoms with Crippen LogP contribution in [0.1, 0.15) is 22.3 Å². The van der Waals surface area contributed by atoms with Crippen molar-refractivity contribution >= 4 is 17.5 Å². The summed E-state index contributed by atoms with van der Waals surface area (Å²) < 4.78 is 5.59. The first kappa shape index (κ1) is 10.6. The molecule has 0 aromatic heterocycles. The maximum Gasteiger partial charge on any atom is 0.176 e. The van der Waals surface area contributed by atoms with Gasteiger partial charge in [0.15, 0.2) is 5.78 Å². The van der Waals surface area contributed by atoms with Gasteiger partial charge in [-0.2, -0.15) is 11.8 Å². The smallest absolute Gasteiger partial charge is 0.176 e. The number of thioether (sulfide) groups is 1. The third-order valence-corrected chi connectivity index (χ3v) is 3.06. The molecular weight excluding hydrogens is 208 g/mol. The van der Waals surface area contributed by atoms with Crippen LogP contribution >= 0.6 is 11.8 Å². The van der Waals surface area contributed by atoms with Gasteiger partial charge >= 0.3 is 0 Å². The maximum absolute atomic E-state index is 11.8. The average Bonchev–Trinajstić information content (AvgIpc) is 2.28. The molecule has 3 heteroatoms. The lowest BCUT2D eigenvalue weighted by Crippen LogP contribution is -2.13. The summed E-state index contributed by atoms with van der Waals surface area (Å²) in [5.74, 6) is 1.52. The second-order valence-corrected chi connectivity index (χ2v) is 4.47. The molecular formula is C12H14O2S. The molecule has 0 unspecified atom stereocenters. The van der Waals surface area contributed by atoms with Crippen molar-refractivity contribution in [3.63, 3.8) is 0 Å². The van der Waals surface area contributed by atoms with Crippen LogP contribution in [0.5, 0.6) is 5.75 Å². The van der Waals surface area contributed by atoms with Crippen LogP contribution in [-0.4, -0.2) is 24.4 Å². The summed E-state index contributed by atoms with van der Waals surface area (Å²) in [5, 5.41) is 0. The molecule has 0 spiro atoms. The van der Waals surface area contributed by atoms with Gasteiger partial charge in [-0.1, -0.05) is 12.1 Å². The van der Waals surface area contributed by atoms with Crippen molar-refractivity contribution in [2.75, 3.05) is 18.6 Å². The Morgan fingerprint density at radius 3 is 3.20 bits per heavy atom. The van der Waals surface area contributed by atoms with Crippen molar-refractivity contribution in [1.82, 2.24) is 0 Å². The van der Waals surface area contributed by atoms with E-state index in [1.807, 2.05) is 24.5 Å². The number of ketones is 1. The van der Waals surface area contributed by atoms with Crippen LogP contribution in [0.15, 0.2) is 18.2 Å². The quantitative estimate of drug-likeness (QED) is 0.735. The molecule has 1 aliphatic rings. The molecule has 1 aliphatic heterocycles. The molecule has 0 saturated carbocycles. The molecule has 0 saturated heterocycles. The van der Waals surface area contributed by atoms with Gasteiger partial charge in [0.25, 0.3) is 0 Å². The van der Waals surface area contributed by atoms with E-state index in [1.165, 1.54) is 5.56 Å². The number of hydrogen-bond acceptors (Lipinski definition) is 3. The molecule has 0 N–H and O–H groups in total. The Hall–Kier alpha value is -0.960. The largest absolute Gasteiger partial charge is 0.493 e. The zero-order chi connectivity index (χ0) is 10.7. The summed E-state index contributed by atoms with van der Waals surface area (Å²) in [6.45, 7) is 0.733. The zero-order valence-corrected chi connectivity index (χ0v) is 9.60. The molecule has 0 radical (unpaired) electrons. The molecule has 15 heavy (non-hydrogen) atoms. The Balaban J connectivity index is 2.34. The van der Waals surface area contributed by atoms with Gasteiger partial charge in [0, 0.05) is 0 Å². The molecule has 0 bridgehead atoms. The van der Waals surface area contributed by atoms with Gasteiger partial charge in [0.2, 0.25) is 0 Å².